The van der Waals surface area contributed by atoms with E-state index in [1.54, 1.807) is 0 Å². The molecule has 0 spiro atoms. The maximum Gasteiger partial charge on any atom is 0.137 e. The first-order valence-electron chi connectivity index (χ1n) is 6.76. The molecule has 3 heteroatoms. The fraction of sp³-hybridized carbons (Fsp3) is 0.600. The highest BCUT2D eigenvalue weighted by Crippen LogP contribution is 2.30. The van der Waals surface area contributed by atoms with Crippen molar-refractivity contribution in [2.75, 3.05) is 19.7 Å². The van der Waals surface area contributed by atoms with Gasteiger partial charge in [0.25, 0.3) is 0 Å². The summed E-state index contributed by atoms with van der Waals surface area (Å²) in [6, 6.07) is 10.3. The van der Waals surface area contributed by atoms with Gasteiger partial charge in [0.1, 0.15) is 6.23 Å². The van der Waals surface area contributed by atoms with Crippen LogP contribution >= 0.6 is 0 Å². The van der Waals surface area contributed by atoms with Crippen molar-refractivity contribution in [2.45, 2.75) is 32.6 Å². The minimum absolute atomic E-state index is 0.00194. The molecule has 0 bridgehead atoms. The topological polar surface area (TPSA) is 32.7 Å². The molecule has 1 aromatic carbocycles. The average Bonchev–Trinajstić information content (AvgIpc) is 2.80. The van der Waals surface area contributed by atoms with Crippen molar-refractivity contribution in [3.8, 4) is 0 Å². The highest BCUT2D eigenvalue weighted by molar-refractivity contribution is 5.18. The zero-order chi connectivity index (χ0) is 13.0. The summed E-state index contributed by atoms with van der Waals surface area (Å²) in [7, 11) is 0. The number of aliphatic hydroxyl groups is 1. The van der Waals surface area contributed by atoms with Crippen molar-refractivity contribution in [2.24, 2.45) is 5.92 Å². The van der Waals surface area contributed by atoms with Crippen LogP contribution in [0.1, 0.15) is 32.1 Å². The Morgan fingerprint density at radius 2 is 2.06 bits per heavy atom. The zero-order valence-corrected chi connectivity index (χ0v) is 11.2. The number of hydrogen-bond acceptors (Lipinski definition) is 3. The molecule has 0 saturated carbocycles. The van der Waals surface area contributed by atoms with E-state index in [1.807, 2.05) is 18.2 Å². The summed E-state index contributed by atoms with van der Waals surface area (Å²) in [5.41, 5.74) is 1.18. The molecule has 3 nitrogen and oxygen atoms in total. The third-order valence-corrected chi connectivity index (χ3v) is 3.37. The third-order valence-electron chi connectivity index (χ3n) is 3.37. The van der Waals surface area contributed by atoms with Gasteiger partial charge in [-0.3, -0.25) is 4.90 Å². The number of aliphatic hydroxyl groups excluding tert-OH is 1. The van der Waals surface area contributed by atoms with Gasteiger partial charge in [0, 0.05) is 13.1 Å². The van der Waals surface area contributed by atoms with Crippen LogP contribution in [0.5, 0.6) is 0 Å². The van der Waals surface area contributed by atoms with Gasteiger partial charge in [-0.25, -0.2) is 0 Å². The number of ether oxygens (including phenoxy) is 1. The zero-order valence-electron chi connectivity index (χ0n) is 11.2. The molecule has 0 aromatic heterocycles. The van der Waals surface area contributed by atoms with Crippen molar-refractivity contribution < 1.29 is 9.84 Å². The summed E-state index contributed by atoms with van der Waals surface area (Å²) < 4.78 is 5.92. The van der Waals surface area contributed by atoms with Gasteiger partial charge in [-0.15, -0.1) is 0 Å². The lowest BCUT2D eigenvalue weighted by molar-refractivity contribution is -0.0203. The van der Waals surface area contributed by atoms with Gasteiger partial charge in [-0.05, 0) is 17.9 Å². The molecule has 0 radical (unpaired) electrons. The molecule has 0 aliphatic carbocycles. The minimum Gasteiger partial charge on any atom is -0.394 e. The van der Waals surface area contributed by atoms with Crippen LogP contribution < -0.4 is 0 Å². The summed E-state index contributed by atoms with van der Waals surface area (Å²) in [6.45, 7) is 6.41. The molecule has 1 aliphatic heterocycles. The lowest BCUT2D eigenvalue weighted by Crippen LogP contribution is -2.27. The molecule has 1 saturated heterocycles. The van der Waals surface area contributed by atoms with Gasteiger partial charge in [-0.1, -0.05) is 44.2 Å². The van der Waals surface area contributed by atoms with E-state index >= 15 is 0 Å². The van der Waals surface area contributed by atoms with Crippen molar-refractivity contribution in [1.29, 1.82) is 0 Å². The van der Waals surface area contributed by atoms with Crippen molar-refractivity contribution >= 4 is 0 Å². The first-order chi connectivity index (χ1) is 8.70. The summed E-state index contributed by atoms with van der Waals surface area (Å²) in [5.74, 6) is 0.689. The van der Waals surface area contributed by atoms with Gasteiger partial charge in [-0.2, -0.15) is 0 Å². The fourth-order valence-corrected chi connectivity index (χ4v) is 2.31. The van der Waals surface area contributed by atoms with Gasteiger partial charge < -0.3 is 9.84 Å². The van der Waals surface area contributed by atoms with E-state index in [0.717, 1.165) is 19.5 Å². The molecular formula is C15H23NO2. The van der Waals surface area contributed by atoms with Gasteiger partial charge >= 0.3 is 0 Å². The molecule has 1 aliphatic rings. The summed E-state index contributed by atoms with van der Waals surface area (Å²) >= 11 is 0. The number of hydrogen-bond donors (Lipinski definition) is 1. The van der Waals surface area contributed by atoms with E-state index in [-0.39, 0.29) is 18.9 Å². The number of nitrogens with zero attached hydrogens (tertiary/aromatic N) is 1. The first-order valence-corrected chi connectivity index (χ1v) is 6.76. The van der Waals surface area contributed by atoms with Crippen LogP contribution in [0.25, 0.3) is 0 Å². The Bertz CT molecular complexity index is 353. The first kappa shape index (κ1) is 13.5. The van der Waals surface area contributed by atoms with Gasteiger partial charge in [0.2, 0.25) is 0 Å². The van der Waals surface area contributed by atoms with Crippen LogP contribution in [0.3, 0.4) is 0 Å². The molecule has 1 N–H and O–H groups in total. The quantitative estimate of drug-likeness (QED) is 0.870. The predicted octanol–water partition coefficient (Wildman–Crippen LogP) is 2.42. The number of rotatable bonds is 5. The summed E-state index contributed by atoms with van der Waals surface area (Å²) in [4.78, 5) is 2.33. The molecule has 2 atom stereocenters. The van der Waals surface area contributed by atoms with Crippen molar-refractivity contribution in [3.63, 3.8) is 0 Å². The minimum atomic E-state index is -0.0534. The predicted molar refractivity (Wildman–Crippen MR) is 72.2 cm³/mol. The van der Waals surface area contributed by atoms with E-state index < -0.39 is 0 Å². The third kappa shape index (κ3) is 3.31. The SMILES string of the molecule is CC(C)CCN1C[C@H](CO)O[C@@H]1c1ccccc1. The lowest BCUT2D eigenvalue weighted by Gasteiger charge is -2.23. The monoisotopic (exact) mass is 249 g/mol. The largest absolute Gasteiger partial charge is 0.394 e. The second-order valence-electron chi connectivity index (χ2n) is 5.38. The molecule has 1 fully saturated rings. The molecule has 18 heavy (non-hydrogen) atoms. The number of benzene rings is 1. The lowest BCUT2D eigenvalue weighted by atomic mass is 10.1. The van der Waals surface area contributed by atoms with Gasteiger partial charge in [0.15, 0.2) is 0 Å². The van der Waals surface area contributed by atoms with E-state index in [2.05, 4.69) is 30.9 Å². The maximum atomic E-state index is 9.27. The Balaban J connectivity index is 2.05. The van der Waals surface area contributed by atoms with Crippen molar-refractivity contribution in [3.05, 3.63) is 35.9 Å². The van der Waals surface area contributed by atoms with Crippen LogP contribution in [0.15, 0.2) is 30.3 Å². The maximum absolute atomic E-state index is 9.27. The van der Waals surface area contributed by atoms with Crippen LogP contribution in [-0.4, -0.2) is 35.8 Å². The van der Waals surface area contributed by atoms with E-state index in [4.69, 9.17) is 4.74 Å². The highest BCUT2D eigenvalue weighted by atomic mass is 16.5. The van der Waals surface area contributed by atoms with Crippen LogP contribution in [-0.2, 0) is 4.74 Å². The second kappa shape index (κ2) is 6.32. The highest BCUT2D eigenvalue weighted by Gasteiger charge is 2.32. The molecule has 2 rings (SSSR count). The fourth-order valence-electron chi connectivity index (χ4n) is 2.31. The van der Waals surface area contributed by atoms with E-state index in [0.29, 0.717) is 5.92 Å². The van der Waals surface area contributed by atoms with Crippen LogP contribution in [0.4, 0.5) is 0 Å². The molecule has 1 heterocycles. The summed E-state index contributed by atoms with van der Waals surface area (Å²) in [6.07, 6.45) is 1.11. The van der Waals surface area contributed by atoms with E-state index in [1.165, 1.54) is 5.56 Å². The smallest absolute Gasteiger partial charge is 0.137 e. The summed E-state index contributed by atoms with van der Waals surface area (Å²) in [5, 5.41) is 9.27. The molecule has 1 aromatic rings. The Labute approximate surface area is 109 Å². The standard InChI is InChI=1S/C15H23NO2/c1-12(2)8-9-16-10-14(11-17)18-15(16)13-6-4-3-5-7-13/h3-7,12,14-15,17H,8-11H2,1-2H3/t14-,15-/m1/s1. The molecular weight excluding hydrogens is 226 g/mol. The molecule has 0 unspecified atom stereocenters. The Hall–Kier alpha value is -0.900. The van der Waals surface area contributed by atoms with Crippen LogP contribution in [0.2, 0.25) is 0 Å². The van der Waals surface area contributed by atoms with E-state index in [9.17, 15) is 5.11 Å². The average molecular weight is 249 g/mol. The Kier molecular flexibility index (Phi) is 4.75. The molecule has 0 amide bonds. The Morgan fingerprint density at radius 3 is 2.67 bits per heavy atom. The van der Waals surface area contributed by atoms with Crippen molar-refractivity contribution in [1.82, 2.24) is 4.90 Å². The molecule has 100 valence electrons. The normalized spacial score (nSPS) is 24.9. The second-order valence-corrected chi connectivity index (χ2v) is 5.38. The Morgan fingerprint density at radius 1 is 1.33 bits per heavy atom. The van der Waals surface area contributed by atoms with Gasteiger partial charge in [0.05, 0.1) is 12.7 Å². The van der Waals surface area contributed by atoms with Crippen LogP contribution in [0, 0.1) is 5.92 Å².